The molecule has 1 aromatic rings. The zero-order valence-corrected chi connectivity index (χ0v) is 8.15. The minimum atomic E-state index is -0.176. The van der Waals surface area contributed by atoms with Crippen LogP contribution in [0.2, 0.25) is 0 Å². The summed E-state index contributed by atoms with van der Waals surface area (Å²) in [7, 11) is 1.60. The van der Waals surface area contributed by atoms with Crippen LogP contribution in [-0.2, 0) is 4.74 Å². The van der Waals surface area contributed by atoms with E-state index in [9.17, 15) is 0 Å². The summed E-state index contributed by atoms with van der Waals surface area (Å²) in [4.78, 5) is 4.12. The number of methoxy groups -OCH3 is 1. The fourth-order valence-electron chi connectivity index (χ4n) is 0.843. The van der Waals surface area contributed by atoms with Crippen molar-refractivity contribution in [2.45, 2.75) is 32.4 Å². The molecule has 5 nitrogen and oxygen atoms in total. The van der Waals surface area contributed by atoms with Gasteiger partial charge in [-0.3, -0.25) is 0 Å². The summed E-state index contributed by atoms with van der Waals surface area (Å²) < 4.78 is 10.0. The Bertz CT molecular complexity index is 237. The van der Waals surface area contributed by atoms with E-state index in [1.165, 1.54) is 0 Å². The van der Waals surface area contributed by atoms with Crippen LogP contribution in [0.1, 0.15) is 44.1 Å². The van der Waals surface area contributed by atoms with Gasteiger partial charge in [0.1, 0.15) is 6.10 Å². The summed E-state index contributed by atoms with van der Waals surface area (Å²) in [5.41, 5.74) is 5.71. The first-order valence-corrected chi connectivity index (χ1v) is 4.30. The Balaban J connectivity index is 2.74. The van der Waals surface area contributed by atoms with E-state index >= 15 is 0 Å². The molecule has 0 fully saturated rings. The SMILES string of the molecule is CC[C@@H](N)c1nc(C(C)OC)no1. The van der Waals surface area contributed by atoms with Crippen molar-refractivity contribution in [2.24, 2.45) is 5.73 Å². The van der Waals surface area contributed by atoms with Gasteiger partial charge in [0.25, 0.3) is 0 Å². The Morgan fingerprint density at radius 1 is 1.62 bits per heavy atom. The molecule has 1 aromatic heterocycles. The number of hydrogen-bond acceptors (Lipinski definition) is 5. The molecule has 1 unspecified atom stereocenters. The van der Waals surface area contributed by atoms with E-state index in [0.717, 1.165) is 6.42 Å². The van der Waals surface area contributed by atoms with Crippen molar-refractivity contribution in [1.29, 1.82) is 0 Å². The predicted octanol–water partition coefficient (Wildman–Crippen LogP) is 1.19. The molecule has 0 aliphatic heterocycles. The van der Waals surface area contributed by atoms with E-state index in [-0.39, 0.29) is 12.1 Å². The van der Waals surface area contributed by atoms with E-state index in [2.05, 4.69) is 10.1 Å². The van der Waals surface area contributed by atoms with Crippen molar-refractivity contribution >= 4 is 0 Å². The first kappa shape index (κ1) is 10.1. The van der Waals surface area contributed by atoms with Crippen molar-refractivity contribution in [2.75, 3.05) is 7.11 Å². The van der Waals surface area contributed by atoms with Gasteiger partial charge in [0.05, 0.1) is 6.04 Å². The molecule has 0 aromatic carbocycles. The minimum absolute atomic E-state index is 0.151. The lowest BCUT2D eigenvalue weighted by Crippen LogP contribution is -2.09. The van der Waals surface area contributed by atoms with Crippen LogP contribution < -0.4 is 5.73 Å². The van der Waals surface area contributed by atoms with Gasteiger partial charge in [-0.1, -0.05) is 12.1 Å². The second kappa shape index (κ2) is 4.34. The molecule has 0 spiro atoms. The number of hydrogen-bond donors (Lipinski definition) is 1. The summed E-state index contributed by atoms with van der Waals surface area (Å²) in [5.74, 6) is 1.02. The van der Waals surface area contributed by atoms with Gasteiger partial charge in [-0.15, -0.1) is 0 Å². The first-order chi connectivity index (χ1) is 6.19. The molecular formula is C8H15N3O2. The number of nitrogens with zero attached hydrogens (tertiary/aromatic N) is 2. The average Bonchev–Trinajstić information content (AvgIpc) is 2.64. The Hall–Kier alpha value is -0.940. The highest BCUT2D eigenvalue weighted by Gasteiger charge is 2.16. The Labute approximate surface area is 77.3 Å². The summed E-state index contributed by atoms with van der Waals surface area (Å²) in [6.07, 6.45) is 0.629. The van der Waals surface area contributed by atoms with Crippen molar-refractivity contribution in [3.05, 3.63) is 11.7 Å². The van der Waals surface area contributed by atoms with E-state index in [1.54, 1.807) is 7.11 Å². The van der Waals surface area contributed by atoms with Gasteiger partial charge in [0.2, 0.25) is 5.89 Å². The third kappa shape index (κ3) is 2.26. The molecule has 2 N–H and O–H groups in total. The van der Waals surface area contributed by atoms with Crippen molar-refractivity contribution in [1.82, 2.24) is 10.1 Å². The smallest absolute Gasteiger partial charge is 0.243 e. The molecule has 0 bridgehead atoms. The van der Waals surface area contributed by atoms with Crippen LogP contribution in [-0.4, -0.2) is 17.3 Å². The third-order valence-electron chi connectivity index (χ3n) is 1.93. The van der Waals surface area contributed by atoms with E-state index in [0.29, 0.717) is 11.7 Å². The zero-order chi connectivity index (χ0) is 9.84. The van der Waals surface area contributed by atoms with E-state index in [1.807, 2.05) is 13.8 Å². The van der Waals surface area contributed by atoms with E-state index < -0.39 is 0 Å². The van der Waals surface area contributed by atoms with Crippen LogP contribution in [0.4, 0.5) is 0 Å². The van der Waals surface area contributed by atoms with Gasteiger partial charge in [-0.25, -0.2) is 0 Å². The largest absolute Gasteiger partial charge is 0.374 e. The van der Waals surface area contributed by atoms with Crippen molar-refractivity contribution < 1.29 is 9.26 Å². The molecule has 2 atom stereocenters. The van der Waals surface area contributed by atoms with Crippen LogP contribution >= 0.6 is 0 Å². The maximum absolute atomic E-state index is 5.71. The van der Waals surface area contributed by atoms with Gasteiger partial charge < -0.3 is 15.0 Å². The Morgan fingerprint density at radius 3 is 2.85 bits per heavy atom. The van der Waals surface area contributed by atoms with Crippen molar-refractivity contribution in [3.63, 3.8) is 0 Å². The van der Waals surface area contributed by atoms with Crippen LogP contribution in [0.3, 0.4) is 0 Å². The molecule has 0 radical (unpaired) electrons. The molecule has 1 heterocycles. The predicted molar refractivity (Wildman–Crippen MR) is 46.9 cm³/mol. The highest BCUT2D eigenvalue weighted by atomic mass is 16.5. The standard InChI is InChI=1S/C8H15N3O2/c1-4-6(9)8-10-7(11-13-8)5(2)12-3/h5-6H,4,9H2,1-3H3/t5?,6-/m1/s1. The highest BCUT2D eigenvalue weighted by molar-refractivity contribution is 4.93. The summed E-state index contributed by atoms with van der Waals surface area (Å²) >= 11 is 0. The molecule has 0 aliphatic carbocycles. The topological polar surface area (TPSA) is 74.2 Å². The highest BCUT2D eigenvalue weighted by Crippen LogP contribution is 2.15. The van der Waals surface area contributed by atoms with Crippen LogP contribution in [0.25, 0.3) is 0 Å². The quantitative estimate of drug-likeness (QED) is 0.762. The van der Waals surface area contributed by atoms with Crippen molar-refractivity contribution in [3.8, 4) is 0 Å². The summed E-state index contributed by atoms with van der Waals surface area (Å²) in [6.45, 7) is 3.82. The molecule has 1 rings (SSSR count). The van der Waals surface area contributed by atoms with Gasteiger partial charge in [-0.05, 0) is 13.3 Å². The molecular weight excluding hydrogens is 170 g/mol. The monoisotopic (exact) mass is 185 g/mol. The van der Waals surface area contributed by atoms with E-state index in [4.69, 9.17) is 15.0 Å². The Kier molecular flexibility index (Phi) is 3.39. The molecule has 0 amide bonds. The van der Waals surface area contributed by atoms with Gasteiger partial charge in [-0.2, -0.15) is 4.98 Å². The van der Waals surface area contributed by atoms with Gasteiger partial charge in [0, 0.05) is 7.11 Å². The van der Waals surface area contributed by atoms with Crippen LogP contribution in [0.15, 0.2) is 4.52 Å². The second-order valence-corrected chi connectivity index (χ2v) is 2.88. The maximum atomic E-state index is 5.71. The number of rotatable bonds is 4. The van der Waals surface area contributed by atoms with Crippen LogP contribution in [0, 0.1) is 0 Å². The fourth-order valence-corrected chi connectivity index (χ4v) is 0.843. The summed E-state index contributed by atoms with van der Waals surface area (Å²) in [5, 5.41) is 3.76. The first-order valence-electron chi connectivity index (χ1n) is 4.30. The van der Waals surface area contributed by atoms with Crippen LogP contribution in [0.5, 0.6) is 0 Å². The second-order valence-electron chi connectivity index (χ2n) is 2.88. The number of nitrogens with two attached hydrogens (primary N) is 1. The zero-order valence-electron chi connectivity index (χ0n) is 8.15. The molecule has 74 valence electrons. The number of aromatic nitrogens is 2. The summed E-state index contributed by atoms with van der Waals surface area (Å²) in [6, 6.07) is -0.176. The molecule has 5 heteroatoms. The normalized spacial score (nSPS) is 15.7. The fraction of sp³-hybridized carbons (Fsp3) is 0.750. The molecule has 0 saturated carbocycles. The minimum Gasteiger partial charge on any atom is -0.374 e. The molecule has 0 aliphatic rings. The lowest BCUT2D eigenvalue weighted by molar-refractivity contribution is 0.109. The lowest BCUT2D eigenvalue weighted by Gasteiger charge is -2.02. The number of ether oxygens (including phenoxy) is 1. The molecule has 13 heavy (non-hydrogen) atoms. The van der Waals surface area contributed by atoms with Gasteiger partial charge in [0.15, 0.2) is 5.82 Å². The average molecular weight is 185 g/mol. The lowest BCUT2D eigenvalue weighted by atomic mass is 10.2. The molecule has 0 saturated heterocycles. The Morgan fingerprint density at radius 2 is 2.31 bits per heavy atom. The third-order valence-corrected chi connectivity index (χ3v) is 1.93. The maximum Gasteiger partial charge on any atom is 0.243 e. The van der Waals surface area contributed by atoms with Gasteiger partial charge >= 0.3 is 0 Å².